The summed E-state index contributed by atoms with van der Waals surface area (Å²) in [4.78, 5) is 47.6. The normalized spacial score (nSPS) is 10.9. The fourth-order valence-corrected chi connectivity index (χ4v) is 2.69. The molecule has 0 saturated heterocycles. The zero-order valence-electron chi connectivity index (χ0n) is 14.8. The zero-order chi connectivity index (χ0) is 20.7. The maximum atomic E-state index is 12.4. The molecule has 0 radical (unpaired) electrons. The highest BCUT2D eigenvalue weighted by Crippen LogP contribution is 2.21. The maximum absolute atomic E-state index is 12.4. The highest BCUT2D eigenvalue weighted by molar-refractivity contribution is 6.04. The summed E-state index contributed by atoms with van der Waals surface area (Å²) in [6.07, 6.45) is 2.42. The van der Waals surface area contributed by atoms with Gasteiger partial charge in [0.15, 0.2) is 17.3 Å². The van der Waals surface area contributed by atoms with Crippen LogP contribution < -0.4 is 16.6 Å². The molecule has 0 bridgehead atoms. The quantitative estimate of drug-likeness (QED) is 0.382. The number of benzene rings is 1. The number of anilines is 1. The smallest absolute Gasteiger partial charge is 0.296 e. The van der Waals surface area contributed by atoms with E-state index < -0.39 is 28.8 Å². The molecule has 0 unspecified atom stereocenters. The van der Waals surface area contributed by atoms with E-state index in [1.54, 1.807) is 6.07 Å². The maximum Gasteiger partial charge on any atom is 0.296 e. The van der Waals surface area contributed by atoms with Crippen molar-refractivity contribution in [2.45, 2.75) is 0 Å². The number of primary amides is 1. The summed E-state index contributed by atoms with van der Waals surface area (Å²) < 4.78 is 5.66. The Morgan fingerprint density at radius 1 is 1.31 bits per heavy atom. The average molecular weight is 395 g/mol. The van der Waals surface area contributed by atoms with Crippen LogP contribution in [-0.4, -0.2) is 41.6 Å². The Hall–Kier alpha value is -4.48. The minimum Gasteiger partial charge on any atom is -0.501 e. The highest BCUT2D eigenvalue weighted by Gasteiger charge is 2.23. The molecule has 3 aromatic heterocycles. The molecule has 2 amide bonds. The topological polar surface area (TPSA) is 182 Å². The van der Waals surface area contributed by atoms with Crippen LogP contribution in [0.5, 0.6) is 5.75 Å². The van der Waals surface area contributed by atoms with Crippen LogP contribution >= 0.6 is 0 Å². The average Bonchev–Trinajstić information content (AvgIpc) is 3.34. The molecule has 29 heavy (non-hydrogen) atoms. The van der Waals surface area contributed by atoms with Gasteiger partial charge in [-0.25, -0.2) is 9.97 Å². The molecule has 0 aliphatic heterocycles. The summed E-state index contributed by atoms with van der Waals surface area (Å²) in [7, 11) is 1.37. The van der Waals surface area contributed by atoms with Crippen LogP contribution in [0.4, 0.5) is 5.69 Å². The van der Waals surface area contributed by atoms with Gasteiger partial charge in [-0.1, -0.05) is 5.16 Å². The van der Waals surface area contributed by atoms with Crippen LogP contribution in [0.15, 0.2) is 40.0 Å². The first-order chi connectivity index (χ1) is 13.8. The standard InChI is InChI=1S/C17H13N7O5/c1-24-15(14-21-9-3-2-7(13(18)26)4-10(9)22-14)23-11(12(25)17(24)28)16(27)20-8-5-19-29-6-8/h2-6,25H,1H3,(H2,18,26)(H,20,27)(H,21,22). The summed E-state index contributed by atoms with van der Waals surface area (Å²) in [5.74, 6) is -2.11. The first-order valence-electron chi connectivity index (χ1n) is 8.16. The molecule has 0 saturated carbocycles. The molecule has 0 fully saturated rings. The highest BCUT2D eigenvalue weighted by atomic mass is 16.5. The summed E-state index contributed by atoms with van der Waals surface area (Å²) >= 11 is 0. The number of nitrogens with zero attached hydrogens (tertiary/aromatic N) is 4. The second-order valence-corrected chi connectivity index (χ2v) is 6.05. The van der Waals surface area contributed by atoms with Crippen molar-refractivity contribution >= 4 is 28.5 Å². The van der Waals surface area contributed by atoms with Gasteiger partial charge >= 0.3 is 0 Å². The number of H-pyrrole nitrogens is 1. The van der Waals surface area contributed by atoms with Gasteiger partial charge in [0.05, 0.1) is 17.2 Å². The molecule has 0 spiro atoms. The zero-order valence-corrected chi connectivity index (χ0v) is 14.8. The van der Waals surface area contributed by atoms with Crippen LogP contribution in [0.25, 0.3) is 22.7 Å². The van der Waals surface area contributed by atoms with E-state index in [1.807, 2.05) is 0 Å². The molecule has 4 rings (SSSR count). The van der Waals surface area contributed by atoms with Crippen molar-refractivity contribution in [1.29, 1.82) is 0 Å². The minimum atomic E-state index is -0.844. The molecule has 0 aliphatic rings. The van der Waals surface area contributed by atoms with Gasteiger partial charge < -0.3 is 25.7 Å². The SMILES string of the molecule is Cn1c(-c2nc3ccc(C(N)=O)cc3[nH]2)nc(C(=O)Nc2cnoc2)c(O)c1=O. The fourth-order valence-electron chi connectivity index (χ4n) is 2.69. The second kappa shape index (κ2) is 6.60. The molecular weight excluding hydrogens is 382 g/mol. The predicted octanol–water partition coefficient (Wildman–Crippen LogP) is 0.368. The van der Waals surface area contributed by atoms with Crippen LogP contribution in [0.1, 0.15) is 20.8 Å². The van der Waals surface area contributed by atoms with Gasteiger partial charge in [0.2, 0.25) is 11.7 Å². The third kappa shape index (κ3) is 3.07. The molecule has 4 aromatic rings. The third-order valence-corrected chi connectivity index (χ3v) is 4.15. The minimum absolute atomic E-state index is 0.0000867. The summed E-state index contributed by atoms with van der Waals surface area (Å²) in [6, 6.07) is 4.59. The van der Waals surface area contributed by atoms with E-state index in [-0.39, 0.29) is 22.9 Å². The first kappa shape index (κ1) is 17.9. The van der Waals surface area contributed by atoms with E-state index in [4.69, 9.17) is 5.73 Å². The second-order valence-electron chi connectivity index (χ2n) is 6.05. The van der Waals surface area contributed by atoms with Gasteiger partial charge in [-0.3, -0.25) is 19.0 Å². The molecule has 12 heteroatoms. The first-order valence-corrected chi connectivity index (χ1v) is 8.16. The Bertz CT molecular complexity index is 1320. The lowest BCUT2D eigenvalue weighted by molar-refractivity contribution is 0.0996. The van der Waals surface area contributed by atoms with Crippen LogP contribution in [0.3, 0.4) is 0 Å². The van der Waals surface area contributed by atoms with Crippen molar-refractivity contribution < 1.29 is 19.2 Å². The molecule has 146 valence electrons. The monoisotopic (exact) mass is 395 g/mol. The Labute approximate surface area is 161 Å². The Morgan fingerprint density at radius 3 is 2.79 bits per heavy atom. The van der Waals surface area contributed by atoms with Crippen molar-refractivity contribution in [3.63, 3.8) is 0 Å². The van der Waals surface area contributed by atoms with Crippen molar-refractivity contribution in [1.82, 2.24) is 24.7 Å². The van der Waals surface area contributed by atoms with Crippen molar-refractivity contribution in [2.75, 3.05) is 5.32 Å². The molecule has 0 aliphatic carbocycles. The lowest BCUT2D eigenvalue weighted by atomic mass is 10.2. The van der Waals surface area contributed by atoms with Crippen molar-refractivity contribution in [2.24, 2.45) is 12.8 Å². The number of fused-ring (bicyclic) bond motifs is 1. The number of hydrogen-bond acceptors (Lipinski definition) is 8. The van der Waals surface area contributed by atoms with E-state index in [0.717, 1.165) is 4.57 Å². The number of amides is 2. The number of aromatic nitrogens is 5. The molecule has 3 heterocycles. The van der Waals surface area contributed by atoms with E-state index in [2.05, 4.69) is 29.9 Å². The van der Waals surface area contributed by atoms with Gasteiger partial charge in [0.25, 0.3) is 11.5 Å². The van der Waals surface area contributed by atoms with Gasteiger partial charge in [0, 0.05) is 12.6 Å². The Kier molecular flexibility index (Phi) is 4.07. The number of imidazole rings is 1. The van der Waals surface area contributed by atoms with E-state index in [1.165, 1.54) is 31.6 Å². The summed E-state index contributed by atoms with van der Waals surface area (Å²) in [6.45, 7) is 0. The van der Waals surface area contributed by atoms with Gasteiger partial charge in [-0.05, 0) is 18.2 Å². The van der Waals surface area contributed by atoms with Gasteiger partial charge in [0.1, 0.15) is 12.0 Å². The number of nitrogens with one attached hydrogen (secondary N) is 2. The number of aromatic hydroxyl groups is 1. The number of carbonyl (C=O) groups excluding carboxylic acids is 2. The largest absolute Gasteiger partial charge is 0.501 e. The van der Waals surface area contributed by atoms with Crippen LogP contribution in [0, 0.1) is 0 Å². The lowest BCUT2D eigenvalue weighted by Crippen LogP contribution is -2.25. The number of aromatic amines is 1. The van der Waals surface area contributed by atoms with E-state index >= 15 is 0 Å². The van der Waals surface area contributed by atoms with Crippen molar-refractivity contribution in [3.8, 4) is 17.4 Å². The molecule has 5 N–H and O–H groups in total. The fraction of sp³-hybridized carbons (Fsp3) is 0.0588. The third-order valence-electron chi connectivity index (χ3n) is 4.15. The van der Waals surface area contributed by atoms with Crippen molar-refractivity contribution in [3.05, 3.63) is 52.3 Å². The van der Waals surface area contributed by atoms with E-state index in [9.17, 15) is 19.5 Å². The Balaban J connectivity index is 1.82. The predicted molar refractivity (Wildman–Crippen MR) is 99.2 cm³/mol. The number of nitrogens with two attached hydrogens (primary N) is 1. The summed E-state index contributed by atoms with van der Waals surface area (Å²) in [5, 5.41) is 16.0. The lowest BCUT2D eigenvalue weighted by Gasteiger charge is -2.09. The Morgan fingerprint density at radius 2 is 2.10 bits per heavy atom. The molecule has 0 atom stereocenters. The molecular formula is C17H13N7O5. The van der Waals surface area contributed by atoms with Crippen LogP contribution in [-0.2, 0) is 7.05 Å². The number of hydrogen-bond donors (Lipinski definition) is 4. The number of rotatable bonds is 4. The molecule has 1 aromatic carbocycles. The summed E-state index contributed by atoms with van der Waals surface area (Å²) in [5.41, 5.74) is 5.40. The van der Waals surface area contributed by atoms with Gasteiger partial charge in [-0.2, -0.15) is 0 Å². The van der Waals surface area contributed by atoms with Gasteiger partial charge in [-0.15, -0.1) is 0 Å². The van der Waals surface area contributed by atoms with E-state index in [0.29, 0.717) is 11.0 Å². The molecule has 12 nitrogen and oxygen atoms in total. The number of carbonyl (C=O) groups is 2. The van der Waals surface area contributed by atoms with Crippen LogP contribution in [0.2, 0.25) is 0 Å².